The zero-order chi connectivity index (χ0) is 18.0. The van der Waals surface area contributed by atoms with Gasteiger partial charge in [-0.3, -0.25) is 9.69 Å². The first kappa shape index (κ1) is 16.8. The van der Waals surface area contributed by atoms with E-state index >= 15 is 0 Å². The van der Waals surface area contributed by atoms with Gasteiger partial charge in [-0.15, -0.1) is 0 Å². The number of hydrogen-bond donors (Lipinski definition) is 1. The molecule has 0 spiro atoms. The highest BCUT2D eigenvalue weighted by Crippen LogP contribution is 2.35. The molecule has 2 aromatic rings. The molecule has 4 heteroatoms. The van der Waals surface area contributed by atoms with Crippen LogP contribution in [0.25, 0.3) is 0 Å². The normalized spacial score (nSPS) is 21.1. The minimum atomic E-state index is -0.632. The van der Waals surface area contributed by atoms with Crippen molar-refractivity contribution in [3.8, 4) is 6.07 Å². The molecule has 1 N–H and O–H groups in total. The molecule has 4 rings (SSSR count). The number of nitrogens with zero attached hydrogens (tertiary/aromatic N) is 2. The van der Waals surface area contributed by atoms with Gasteiger partial charge in [0.2, 0.25) is 5.91 Å². The summed E-state index contributed by atoms with van der Waals surface area (Å²) in [6.07, 6.45) is 3.48. The van der Waals surface area contributed by atoms with Gasteiger partial charge in [0.15, 0.2) is 0 Å². The molecule has 0 saturated heterocycles. The number of hydrogen-bond acceptors (Lipinski definition) is 3. The molecule has 0 unspecified atom stereocenters. The zero-order valence-corrected chi connectivity index (χ0v) is 14.8. The van der Waals surface area contributed by atoms with E-state index in [9.17, 15) is 10.1 Å². The number of amides is 1. The van der Waals surface area contributed by atoms with Crippen LogP contribution >= 0.6 is 0 Å². The van der Waals surface area contributed by atoms with Gasteiger partial charge in [0.25, 0.3) is 0 Å². The molecule has 1 aliphatic heterocycles. The largest absolute Gasteiger partial charge is 0.337 e. The fourth-order valence-corrected chi connectivity index (χ4v) is 4.10. The van der Waals surface area contributed by atoms with Crippen LogP contribution in [0.1, 0.15) is 42.0 Å². The lowest BCUT2D eigenvalue weighted by molar-refractivity contribution is -0.124. The third-order valence-electron chi connectivity index (χ3n) is 5.65. The van der Waals surface area contributed by atoms with Crippen molar-refractivity contribution in [2.24, 2.45) is 0 Å². The second-order valence-corrected chi connectivity index (χ2v) is 7.33. The molecule has 2 aromatic carbocycles. The Morgan fingerprint density at radius 1 is 1.15 bits per heavy atom. The number of nitrogens with one attached hydrogen (secondary N) is 1. The van der Waals surface area contributed by atoms with Gasteiger partial charge in [0.1, 0.15) is 5.54 Å². The number of fused-ring (bicyclic) bond motifs is 1. The zero-order valence-electron chi connectivity index (χ0n) is 14.8. The van der Waals surface area contributed by atoms with Gasteiger partial charge in [0.05, 0.1) is 18.7 Å². The minimum Gasteiger partial charge on any atom is -0.337 e. The molecule has 1 aliphatic carbocycles. The average molecular weight is 345 g/mol. The number of carbonyl (C=O) groups excluding carboxylic acids is 1. The second kappa shape index (κ2) is 6.93. The van der Waals surface area contributed by atoms with Crippen LogP contribution in [0.2, 0.25) is 0 Å². The molecular weight excluding hydrogens is 322 g/mol. The predicted octanol–water partition coefficient (Wildman–Crippen LogP) is 3.20. The highest BCUT2D eigenvalue weighted by molar-refractivity contribution is 5.79. The number of nitriles is 1. The molecule has 1 amide bonds. The molecule has 1 heterocycles. The fourth-order valence-electron chi connectivity index (χ4n) is 4.10. The van der Waals surface area contributed by atoms with Crippen molar-refractivity contribution in [2.45, 2.75) is 37.3 Å². The molecule has 0 radical (unpaired) electrons. The summed E-state index contributed by atoms with van der Waals surface area (Å²) in [7, 11) is 0. The first-order valence-corrected chi connectivity index (χ1v) is 9.30. The lowest BCUT2D eigenvalue weighted by Crippen LogP contribution is -2.55. The van der Waals surface area contributed by atoms with Crippen molar-refractivity contribution in [3.05, 3.63) is 71.3 Å². The monoisotopic (exact) mass is 345 g/mol. The SMILES string of the molecule is N#CC1(NC(=O)CN2CCc3ccccc3[C@@H]2c2ccccc2)CCC1. The molecule has 4 nitrogen and oxygen atoms in total. The maximum atomic E-state index is 12.7. The Hall–Kier alpha value is -2.64. The van der Waals surface area contributed by atoms with E-state index in [0.717, 1.165) is 32.2 Å². The van der Waals surface area contributed by atoms with E-state index in [1.54, 1.807) is 0 Å². The van der Waals surface area contributed by atoms with Gasteiger partial charge < -0.3 is 5.32 Å². The van der Waals surface area contributed by atoms with Gasteiger partial charge in [-0.2, -0.15) is 5.26 Å². The number of rotatable bonds is 4. The van der Waals surface area contributed by atoms with Crippen LogP contribution in [-0.2, 0) is 11.2 Å². The van der Waals surface area contributed by atoms with Gasteiger partial charge in [-0.1, -0.05) is 54.6 Å². The van der Waals surface area contributed by atoms with Gasteiger partial charge >= 0.3 is 0 Å². The predicted molar refractivity (Wildman–Crippen MR) is 100 cm³/mol. The van der Waals surface area contributed by atoms with Crippen LogP contribution < -0.4 is 5.32 Å². The van der Waals surface area contributed by atoms with Crippen molar-refractivity contribution >= 4 is 5.91 Å². The van der Waals surface area contributed by atoms with Crippen LogP contribution in [0.3, 0.4) is 0 Å². The molecule has 132 valence electrons. The quantitative estimate of drug-likeness (QED) is 0.926. The number of carbonyl (C=O) groups is 1. The van der Waals surface area contributed by atoms with Crippen LogP contribution in [0.4, 0.5) is 0 Å². The minimum absolute atomic E-state index is 0.0495. The van der Waals surface area contributed by atoms with Crippen molar-refractivity contribution in [3.63, 3.8) is 0 Å². The molecule has 0 aromatic heterocycles. The molecule has 26 heavy (non-hydrogen) atoms. The van der Waals surface area contributed by atoms with Crippen LogP contribution in [-0.4, -0.2) is 29.4 Å². The van der Waals surface area contributed by atoms with Crippen LogP contribution in [0, 0.1) is 11.3 Å². The third-order valence-corrected chi connectivity index (χ3v) is 5.65. The maximum Gasteiger partial charge on any atom is 0.235 e. The highest BCUT2D eigenvalue weighted by atomic mass is 16.2. The van der Waals surface area contributed by atoms with E-state index in [0.29, 0.717) is 6.54 Å². The summed E-state index contributed by atoms with van der Waals surface area (Å²) in [5, 5.41) is 12.4. The fraction of sp³-hybridized carbons (Fsp3) is 0.364. The summed E-state index contributed by atoms with van der Waals surface area (Å²) in [6, 6.07) is 21.2. The summed E-state index contributed by atoms with van der Waals surface area (Å²) in [6.45, 7) is 1.15. The van der Waals surface area contributed by atoms with E-state index in [1.807, 2.05) is 18.2 Å². The summed E-state index contributed by atoms with van der Waals surface area (Å²) >= 11 is 0. The topological polar surface area (TPSA) is 56.1 Å². The maximum absolute atomic E-state index is 12.7. The lowest BCUT2D eigenvalue weighted by Gasteiger charge is -2.39. The Labute approximate surface area is 154 Å². The molecule has 1 fully saturated rings. The number of benzene rings is 2. The Balaban J connectivity index is 1.59. The first-order chi connectivity index (χ1) is 12.7. The lowest BCUT2D eigenvalue weighted by atomic mass is 9.78. The molecular formula is C22H23N3O. The smallest absolute Gasteiger partial charge is 0.235 e. The molecule has 0 bridgehead atoms. The van der Waals surface area contributed by atoms with E-state index in [1.165, 1.54) is 16.7 Å². The average Bonchev–Trinajstić information content (AvgIpc) is 2.65. The van der Waals surface area contributed by atoms with E-state index in [2.05, 4.69) is 52.7 Å². The van der Waals surface area contributed by atoms with Gasteiger partial charge in [0, 0.05) is 6.54 Å². The standard InChI is InChI=1S/C22H23N3O/c23-16-22(12-6-13-22)24-20(26)15-25-14-11-17-7-4-5-10-19(17)21(25)18-8-2-1-3-9-18/h1-5,7-10,21H,6,11-15H2,(H,24,26)/t21-/m0/s1. The summed E-state index contributed by atoms with van der Waals surface area (Å²) in [4.78, 5) is 14.9. The molecule has 1 saturated carbocycles. The second-order valence-electron chi connectivity index (χ2n) is 7.33. The Bertz CT molecular complexity index is 836. The summed E-state index contributed by atoms with van der Waals surface area (Å²) in [5.74, 6) is -0.0495. The van der Waals surface area contributed by atoms with Gasteiger partial charge in [-0.05, 0) is 42.4 Å². The van der Waals surface area contributed by atoms with Crippen LogP contribution in [0.5, 0.6) is 0 Å². The summed E-state index contributed by atoms with van der Waals surface area (Å²) < 4.78 is 0. The third kappa shape index (κ3) is 3.11. The molecule has 1 atom stereocenters. The molecule has 2 aliphatic rings. The van der Waals surface area contributed by atoms with E-state index in [-0.39, 0.29) is 11.9 Å². The Morgan fingerprint density at radius 2 is 1.88 bits per heavy atom. The Morgan fingerprint density at radius 3 is 2.58 bits per heavy atom. The van der Waals surface area contributed by atoms with Crippen molar-refractivity contribution < 1.29 is 4.79 Å². The summed E-state index contributed by atoms with van der Waals surface area (Å²) in [5.41, 5.74) is 3.19. The van der Waals surface area contributed by atoms with Crippen LogP contribution in [0.15, 0.2) is 54.6 Å². The van der Waals surface area contributed by atoms with Gasteiger partial charge in [-0.25, -0.2) is 0 Å². The van der Waals surface area contributed by atoms with E-state index < -0.39 is 5.54 Å². The van der Waals surface area contributed by atoms with E-state index in [4.69, 9.17) is 0 Å². The first-order valence-electron chi connectivity index (χ1n) is 9.30. The van der Waals surface area contributed by atoms with Crippen molar-refractivity contribution in [2.75, 3.05) is 13.1 Å². The van der Waals surface area contributed by atoms with Crippen molar-refractivity contribution in [1.82, 2.24) is 10.2 Å². The highest BCUT2D eigenvalue weighted by Gasteiger charge is 2.39. The Kier molecular flexibility index (Phi) is 4.48. The van der Waals surface area contributed by atoms with Crippen molar-refractivity contribution in [1.29, 1.82) is 5.26 Å².